The molecular weight excluding hydrogens is 330 g/mol. The van der Waals surface area contributed by atoms with E-state index < -0.39 is 5.97 Å². The van der Waals surface area contributed by atoms with Gasteiger partial charge in [-0.05, 0) is 43.2 Å². The molecule has 7 heteroatoms. The minimum Gasteiger partial charge on any atom is -0.480 e. The first-order valence-electron chi connectivity index (χ1n) is 8.12. The molecule has 0 saturated heterocycles. The zero-order chi connectivity index (χ0) is 18.5. The summed E-state index contributed by atoms with van der Waals surface area (Å²) in [5.74, 6) is -0.202. The van der Waals surface area contributed by atoms with Gasteiger partial charge in [-0.3, -0.25) is 9.78 Å². The Morgan fingerprint density at radius 1 is 1.08 bits per heavy atom. The van der Waals surface area contributed by atoms with Crippen molar-refractivity contribution in [2.75, 3.05) is 17.2 Å². The molecule has 0 fully saturated rings. The molecule has 0 saturated carbocycles. The fraction of sp³-hybridized carbons (Fsp3) is 0.158. The Balaban J connectivity index is 1.98. The van der Waals surface area contributed by atoms with E-state index in [0.29, 0.717) is 17.2 Å². The highest BCUT2D eigenvalue weighted by atomic mass is 16.4. The molecule has 0 unspecified atom stereocenters. The minimum atomic E-state index is -0.985. The van der Waals surface area contributed by atoms with Crippen LogP contribution < -0.4 is 10.6 Å². The quantitative estimate of drug-likeness (QED) is 0.627. The number of aliphatic carboxylic acids is 1. The van der Waals surface area contributed by atoms with E-state index in [9.17, 15) is 4.79 Å². The number of benzene rings is 1. The van der Waals surface area contributed by atoms with Gasteiger partial charge in [0.25, 0.3) is 0 Å². The second kappa shape index (κ2) is 7.60. The monoisotopic (exact) mass is 349 g/mol. The van der Waals surface area contributed by atoms with E-state index in [1.807, 2.05) is 50.2 Å². The first-order valence-corrected chi connectivity index (χ1v) is 8.12. The SMILES string of the molecule is Cc1ccc(C)c(Nc2cc(-c3ccccn3)nc(NCC(=O)O)n2)c1. The molecule has 1 aromatic carbocycles. The van der Waals surface area contributed by atoms with Gasteiger partial charge in [0.1, 0.15) is 12.4 Å². The molecule has 3 rings (SSSR count). The normalized spacial score (nSPS) is 10.4. The number of anilines is 3. The van der Waals surface area contributed by atoms with Crippen LogP contribution in [0.2, 0.25) is 0 Å². The number of carbonyl (C=O) groups is 1. The van der Waals surface area contributed by atoms with Crippen LogP contribution in [0.1, 0.15) is 11.1 Å². The number of aryl methyl sites for hydroxylation is 2. The first kappa shape index (κ1) is 17.3. The molecule has 3 aromatic rings. The average molecular weight is 349 g/mol. The van der Waals surface area contributed by atoms with Crippen molar-refractivity contribution < 1.29 is 9.90 Å². The van der Waals surface area contributed by atoms with E-state index in [0.717, 1.165) is 16.8 Å². The molecule has 0 atom stereocenters. The molecule has 0 aliphatic heterocycles. The number of nitrogens with one attached hydrogen (secondary N) is 2. The highest BCUT2D eigenvalue weighted by Gasteiger charge is 2.10. The van der Waals surface area contributed by atoms with Crippen LogP contribution in [0.3, 0.4) is 0 Å². The summed E-state index contributed by atoms with van der Waals surface area (Å²) >= 11 is 0. The van der Waals surface area contributed by atoms with Gasteiger partial charge < -0.3 is 15.7 Å². The van der Waals surface area contributed by atoms with Crippen molar-refractivity contribution in [1.82, 2.24) is 15.0 Å². The number of hydrogen-bond donors (Lipinski definition) is 3. The van der Waals surface area contributed by atoms with Crippen molar-refractivity contribution in [2.45, 2.75) is 13.8 Å². The Morgan fingerprint density at radius 3 is 2.65 bits per heavy atom. The summed E-state index contributed by atoms with van der Waals surface area (Å²) in [7, 11) is 0. The van der Waals surface area contributed by atoms with Gasteiger partial charge >= 0.3 is 5.97 Å². The Bertz CT molecular complexity index is 928. The van der Waals surface area contributed by atoms with Crippen LogP contribution in [-0.2, 0) is 4.79 Å². The van der Waals surface area contributed by atoms with Crippen LogP contribution in [0.4, 0.5) is 17.5 Å². The summed E-state index contributed by atoms with van der Waals surface area (Å²) in [5.41, 5.74) is 4.41. The van der Waals surface area contributed by atoms with Gasteiger partial charge in [0.05, 0.1) is 11.4 Å². The van der Waals surface area contributed by atoms with Gasteiger partial charge in [-0.1, -0.05) is 18.2 Å². The first-order chi connectivity index (χ1) is 12.5. The molecule has 0 amide bonds. The third kappa shape index (κ3) is 4.32. The van der Waals surface area contributed by atoms with Gasteiger partial charge in [0, 0.05) is 18.0 Å². The predicted molar refractivity (Wildman–Crippen MR) is 101 cm³/mol. The molecule has 0 bridgehead atoms. The summed E-state index contributed by atoms with van der Waals surface area (Å²) in [6.07, 6.45) is 1.68. The number of carboxylic acid groups (broad SMARTS) is 1. The summed E-state index contributed by atoms with van der Waals surface area (Å²) in [4.78, 5) is 23.9. The lowest BCUT2D eigenvalue weighted by Gasteiger charge is -2.12. The second-order valence-corrected chi connectivity index (χ2v) is 5.87. The number of hydrogen-bond acceptors (Lipinski definition) is 6. The maximum Gasteiger partial charge on any atom is 0.322 e. The predicted octanol–water partition coefficient (Wildman–Crippen LogP) is 3.40. The van der Waals surface area contributed by atoms with Crippen molar-refractivity contribution in [2.24, 2.45) is 0 Å². The molecule has 3 N–H and O–H groups in total. The maximum atomic E-state index is 10.8. The van der Waals surface area contributed by atoms with Crippen LogP contribution in [0.5, 0.6) is 0 Å². The topological polar surface area (TPSA) is 100 Å². The summed E-state index contributed by atoms with van der Waals surface area (Å²) in [6, 6.07) is 13.4. The fourth-order valence-corrected chi connectivity index (χ4v) is 2.40. The summed E-state index contributed by atoms with van der Waals surface area (Å²) in [6.45, 7) is 3.75. The standard InChI is InChI=1S/C19H19N5O2/c1-12-6-7-13(2)15(9-12)22-17-10-16(14-5-3-4-8-20-14)23-19(24-17)21-11-18(25)26/h3-10H,11H2,1-2H3,(H,25,26)(H2,21,22,23,24). The Hall–Kier alpha value is -3.48. The molecule has 26 heavy (non-hydrogen) atoms. The van der Waals surface area contributed by atoms with Crippen LogP contribution in [0, 0.1) is 13.8 Å². The molecule has 132 valence electrons. The minimum absolute atomic E-state index is 0.225. The van der Waals surface area contributed by atoms with Gasteiger partial charge in [-0.15, -0.1) is 0 Å². The third-order valence-electron chi connectivity index (χ3n) is 3.71. The molecule has 2 aromatic heterocycles. The molecule has 0 aliphatic carbocycles. The van der Waals surface area contributed by atoms with Crippen LogP contribution in [0.25, 0.3) is 11.4 Å². The zero-order valence-corrected chi connectivity index (χ0v) is 14.5. The maximum absolute atomic E-state index is 10.8. The van der Waals surface area contributed by atoms with Gasteiger partial charge in [-0.2, -0.15) is 4.98 Å². The molecule has 0 spiro atoms. The van der Waals surface area contributed by atoms with E-state index in [-0.39, 0.29) is 12.5 Å². The van der Waals surface area contributed by atoms with Crippen molar-refractivity contribution in [1.29, 1.82) is 0 Å². The molecular formula is C19H19N5O2. The van der Waals surface area contributed by atoms with Crippen LogP contribution >= 0.6 is 0 Å². The summed E-state index contributed by atoms with van der Waals surface area (Å²) < 4.78 is 0. The Kier molecular flexibility index (Phi) is 5.07. The van der Waals surface area contributed by atoms with Crippen LogP contribution in [0.15, 0.2) is 48.7 Å². The Morgan fingerprint density at radius 2 is 1.92 bits per heavy atom. The van der Waals surface area contributed by atoms with E-state index in [1.54, 1.807) is 12.3 Å². The highest BCUT2D eigenvalue weighted by Crippen LogP contribution is 2.24. The fourth-order valence-electron chi connectivity index (χ4n) is 2.40. The number of carboxylic acids is 1. The van der Waals surface area contributed by atoms with Crippen molar-refractivity contribution in [3.05, 3.63) is 59.8 Å². The largest absolute Gasteiger partial charge is 0.480 e. The van der Waals surface area contributed by atoms with Gasteiger partial charge in [0.15, 0.2) is 0 Å². The number of rotatable bonds is 6. The average Bonchev–Trinajstić information content (AvgIpc) is 2.63. The Labute approximate surface area is 151 Å². The smallest absolute Gasteiger partial charge is 0.322 e. The van der Waals surface area contributed by atoms with Crippen molar-refractivity contribution >= 4 is 23.4 Å². The summed E-state index contributed by atoms with van der Waals surface area (Å²) in [5, 5.41) is 14.9. The van der Waals surface area contributed by atoms with Crippen LogP contribution in [-0.4, -0.2) is 32.6 Å². The lowest BCUT2D eigenvalue weighted by Crippen LogP contribution is -2.15. The third-order valence-corrected chi connectivity index (χ3v) is 3.71. The number of pyridine rings is 1. The molecule has 0 radical (unpaired) electrons. The van der Waals surface area contributed by atoms with E-state index >= 15 is 0 Å². The van der Waals surface area contributed by atoms with E-state index in [1.165, 1.54) is 0 Å². The number of nitrogens with zero attached hydrogens (tertiary/aromatic N) is 3. The van der Waals surface area contributed by atoms with Gasteiger partial charge in [-0.25, -0.2) is 4.98 Å². The van der Waals surface area contributed by atoms with Crippen molar-refractivity contribution in [3.8, 4) is 11.4 Å². The van der Waals surface area contributed by atoms with E-state index in [2.05, 4.69) is 25.6 Å². The zero-order valence-electron chi connectivity index (χ0n) is 14.5. The molecule has 0 aliphatic rings. The van der Waals surface area contributed by atoms with E-state index in [4.69, 9.17) is 5.11 Å². The van der Waals surface area contributed by atoms with Crippen molar-refractivity contribution in [3.63, 3.8) is 0 Å². The highest BCUT2D eigenvalue weighted by molar-refractivity contribution is 5.73. The lowest BCUT2D eigenvalue weighted by molar-refractivity contribution is -0.134. The van der Waals surface area contributed by atoms with Gasteiger partial charge in [0.2, 0.25) is 5.95 Å². The second-order valence-electron chi connectivity index (χ2n) is 5.87. The number of aromatic nitrogens is 3. The lowest BCUT2D eigenvalue weighted by atomic mass is 10.1. The molecule has 2 heterocycles. The molecule has 7 nitrogen and oxygen atoms in total.